The first kappa shape index (κ1) is 12.6. The average Bonchev–Trinajstić information content (AvgIpc) is 2.30. The van der Waals surface area contributed by atoms with Crippen LogP contribution in [0.25, 0.3) is 0 Å². The summed E-state index contributed by atoms with van der Waals surface area (Å²) in [5.41, 5.74) is -0.316. The molecule has 96 valence electrons. The molecule has 0 aromatic rings. The van der Waals surface area contributed by atoms with Crippen LogP contribution in [0, 0.1) is 16.7 Å². The molecule has 0 saturated heterocycles. The topological polar surface area (TPSA) is 46.2 Å². The SMILES string of the molecule is CCC(C)(C)C(=O)NCCC12CCC1CC2=O. The fourth-order valence-corrected chi connectivity index (χ4v) is 2.92. The quantitative estimate of drug-likeness (QED) is 0.797. The molecule has 3 heteroatoms. The molecule has 2 fully saturated rings. The third-order valence-corrected chi connectivity index (χ3v) is 5.06. The van der Waals surface area contributed by atoms with Gasteiger partial charge in [-0.3, -0.25) is 9.59 Å². The van der Waals surface area contributed by atoms with E-state index in [0.717, 1.165) is 25.7 Å². The average molecular weight is 237 g/mol. The highest BCUT2D eigenvalue weighted by atomic mass is 16.2. The molecule has 1 N–H and O–H groups in total. The molecular weight excluding hydrogens is 214 g/mol. The van der Waals surface area contributed by atoms with E-state index >= 15 is 0 Å². The van der Waals surface area contributed by atoms with Crippen LogP contribution in [0.1, 0.15) is 52.9 Å². The van der Waals surface area contributed by atoms with Crippen LogP contribution in [-0.2, 0) is 9.59 Å². The summed E-state index contributed by atoms with van der Waals surface area (Å²) in [5.74, 6) is 1.17. The number of amides is 1. The Morgan fingerprint density at radius 2 is 2.24 bits per heavy atom. The van der Waals surface area contributed by atoms with E-state index < -0.39 is 0 Å². The molecule has 0 bridgehead atoms. The predicted octanol–water partition coefficient (Wildman–Crippen LogP) is 2.30. The van der Waals surface area contributed by atoms with Crippen molar-refractivity contribution in [3.8, 4) is 0 Å². The van der Waals surface area contributed by atoms with Crippen LogP contribution in [0.3, 0.4) is 0 Å². The van der Waals surface area contributed by atoms with E-state index in [1.165, 1.54) is 6.42 Å². The molecule has 0 aliphatic heterocycles. The summed E-state index contributed by atoms with van der Waals surface area (Å²) in [5, 5.41) is 2.98. The summed E-state index contributed by atoms with van der Waals surface area (Å²) in [4.78, 5) is 23.5. The van der Waals surface area contributed by atoms with Crippen molar-refractivity contribution in [2.75, 3.05) is 6.54 Å². The second-order valence-electron chi connectivity index (χ2n) is 6.26. The van der Waals surface area contributed by atoms with E-state index in [2.05, 4.69) is 5.32 Å². The van der Waals surface area contributed by atoms with E-state index in [-0.39, 0.29) is 16.7 Å². The minimum absolute atomic E-state index is 0.0242. The van der Waals surface area contributed by atoms with Crippen LogP contribution in [0.15, 0.2) is 0 Å². The Kier molecular flexibility index (Phi) is 3.04. The Balaban J connectivity index is 1.77. The Hall–Kier alpha value is -0.860. The molecule has 3 nitrogen and oxygen atoms in total. The number of Topliss-reactive ketones (excluding diaryl/α,β-unsaturated/α-hetero) is 1. The molecule has 2 rings (SSSR count). The first-order valence-electron chi connectivity index (χ1n) is 6.74. The van der Waals surface area contributed by atoms with Crippen molar-refractivity contribution in [3.05, 3.63) is 0 Å². The highest BCUT2D eigenvalue weighted by Gasteiger charge is 2.59. The third-order valence-electron chi connectivity index (χ3n) is 5.06. The smallest absolute Gasteiger partial charge is 0.225 e. The number of nitrogens with one attached hydrogen (secondary N) is 1. The van der Waals surface area contributed by atoms with Crippen LogP contribution in [0.5, 0.6) is 0 Å². The molecule has 0 aromatic heterocycles. The number of ketones is 1. The van der Waals surface area contributed by atoms with Gasteiger partial charge >= 0.3 is 0 Å². The fourth-order valence-electron chi connectivity index (χ4n) is 2.92. The van der Waals surface area contributed by atoms with Gasteiger partial charge in [0.1, 0.15) is 5.78 Å². The molecule has 1 amide bonds. The summed E-state index contributed by atoms with van der Waals surface area (Å²) in [6.07, 6.45) is 4.73. The van der Waals surface area contributed by atoms with Gasteiger partial charge < -0.3 is 5.32 Å². The number of rotatable bonds is 5. The lowest BCUT2D eigenvalue weighted by atomic mass is 9.46. The molecule has 0 radical (unpaired) electrons. The van der Waals surface area contributed by atoms with Crippen LogP contribution in [0.4, 0.5) is 0 Å². The van der Waals surface area contributed by atoms with Crippen molar-refractivity contribution in [2.24, 2.45) is 16.7 Å². The summed E-state index contributed by atoms with van der Waals surface area (Å²) in [7, 11) is 0. The zero-order chi connectivity index (χ0) is 12.7. The number of carbonyl (C=O) groups excluding carboxylic acids is 2. The van der Waals surface area contributed by atoms with Gasteiger partial charge in [-0.1, -0.05) is 20.8 Å². The van der Waals surface area contributed by atoms with Crippen LogP contribution >= 0.6 is 0 Å². The van der Waals surface area contributed by atoms with Crippen LogP contribution in [0.2, 0.25) is 0 Å². The van der Waals surface area contributed by atoms with Gasteiger partial charge in [0.2, 0.25) is 5.91 Å². The second kappa shape index (κ2) is 4.11. The maximum atomic E-state index is 11.9. The Labute approximate surface area is 103 Å². The van der Waals surface area contributed by atoms with Crippen molar-refractivity contribution in [1.29, 1.82) is 0 Å². The standard InChI is InChI=1S/C14H23NO2/c1-4-13(2,3)12(17)15-8-7-14-6-5-10(14)9-11(14)16/h10H,4-9H2,1-3H3,(H,15,17). The van der Waals surface area contributed by atoms with Crippen LogP contribution in [-0.4, -0.2) is 18.2 Å². The van der Waals surface area contributed by atoms with E-state index in [0.29, 0.717) is 18.2 Å². The molecule has 0 aromatic carbocycles. The highest BCUT2D eigenvalue weighted by Crippen LogP contribution is 2.60. The van der Waals surface area contributed by atoms with E-state index in [1.54, 1.807) is 0 Å². The first-order chi connectivity index (χ1) is 7.92. The lowest BCUT2D eigenvalue weighted by molar-refractivity contribution is -0.162. The number of hydrogen-bond acceptors (Lipinski definition) is 2. The molecule has 2 atom stereocenters. The van der Waals surface area contributed by atoms with Crippen LogP contribution < -0.4 is 5.32 Å². The second-order valence-corrected chi connectivity index (χ2v) is 6.26. The number of fused-ring (bicyclic) bond motifs is 1. The maximum absolute atomic E-state index is 11.9. The zero-order valence-electron chi connectivity index (χ0n) is 11.1. The summed E-state index contributed by atoms with van der Waals surface area (Å²) < 4.78 is 0. The zero-order valence-corrected chi connectivity index (χ0v) is 11.1. The predicted molar refractivity (Wildman–Crippen MR) is 66.5 cm³/mol. The Bertz CT molecular complexity index is 348. The van der Waals surface area contributed by atoms with Gasteiger partial charge in [-0.05, 0) is 31.6 Å². The Morgan fingerprint density at radius 1 is 1.53 bits per heavy atom. The lowest BCUT2D eigenvalue weighted by Crippen LogP contribution is -2.58. The van der Waals surface area contributed by atoms with Crippen molar-refractivity contribution in [2.45, 2.75) is 52.9 Å². The summed E-state index contributed by atoms with van der Waals surface area (Å²) in [6, 6.07) is 0. The monoisotopic (exact) mass is 237 g/mol. The first-order valence-corrected chi connectivity index (χ1v) is 6.74. The number of hydrogen-bond donors (Lipinski definition) is 1. The normalized spacial score (nSPS) is 31.2. The molecule has 0 heterocycles. The van der Waals surface area contributed by atoms with Crippen molar-refractivity contribution < 1.29 is 9.59 Å². The summed E-state index contributed by atoms with van der Waals surface area (Å²) >= 11 is 0. The van der Waals surface area contributed by atoms with E-state index in [9.17, 15) is 9.59 Å². The maximum Gasteiger partial charge on any atom is 0.225 e. The van der Waals surface area contributed by atoms with Crippen molar-refractivity contribution in [1.82, 2.24) is 5.32 Å². The molecule has 2 saturated carbocycles. The largest absolute Gasteiger partial charge is 0.356 e. The van der Waals surface area contributed by atoms with Gasteiger partial charge in [0.25, 0.3) is 0 Å². The van der Waals surface area contributed by atoms with Gasteiger partial charge in [0.15, 0.2) is 0 Å². The molecule has 2 aliphatic carbocycles. The molecule has 2 aliphatic rings. The van der Waals surface area contributed by atoms with E-state index in [1.807, 2.05) is 20.8 Å². The van der Waals surface area contributed by atoms with Gasteiger partial charge in [-0.2, -0.15) is 0 Å². The lowest BCUT2D eigenvalue weighted by Gasteiger charge is -2.57. The minimum atomic E-state index is -0.291. The highest BCUT2D eigenvalue weighted by molar-refractivity contribution is 5.93. The molecule has 17 heavy (non-hydrogen) atoms. The molecule has 2 unspecified atom stereocenters. The Morgan fingerprint density at radius 3 is 2.65 bits per heavy atom. The van der Waals surface area contributed by atoms with Gasteiger partial charge in [0.05, 0.1) is 0 Å². The number of carbonyl (C=O) groups is 2. The molecular formula is C14H23NO2. The summed E-state index contributed by atoms with van der Waals surface area (Å²) in [6.45, 7) is 6.60. The fraction of sp³-hybridized carbons (Fsp3) is 0.857. The van der Waals surface area contributed by atoms with Gasteiger partial charge in [-0.25, -0.2) is 0 Å². The van der Waals surface area contributed by atoms with E-state index in [4.69, 9.17) is 0 Å². The van der Waals surface area contributed by atoms with Gasteiger partial charge in [0, 0.05) is 23.8 Å². The third kappa shape index (κ3) is 1.90. The van der Waals surface area contributed by atoms with Crippen molar-refractivity contribution in [3.63, 3.8) is 0 Å². The van der Waals surface area contributed by atoms with Gasteiger partial charge in [-0.15, -0.1) is 0 Å². The minimum Gasteiger partial charge on any atom is -0.356 e. The molecule has 0 spiro atoms. The van der Waals surface area contributed by atoms with Crippen molar-refractivity contribution >= 4 is 11.7 Å².